The molecule has 1 aliphatic rings. The fourth-order valence-corrected chi connectivity index (χ4v) is 6.96. The van der Waals surface area contributed by atoms with Gasteiger partial charge >= 0.3 is 6.09 Å². The molecule has 1 fully saturated rings. The third-order valence-electron chi connectivity index (χ3n) is 9.95. The number of phenols is 1. The maximum absolute atomic E-state index is 13.4. The molecule has 1 atom stereocenters. The number of carbonyl (C=O) groups is 2. The molecule has 0 aliphatic carbocycles. The van der Waals surface area contributed by atoms with Crippen LogP contribution in [0.3, 0.4) is 0 Å². The van der Waals surface area contributed by atoms with Crippen LogP contribution in [-0.2, 0) is 16.0 Å². The number of aliphatic hydroxyl groups excluding tert-OH is 1. The van der Waals surface area contributed by atoms with E-state index in [1.165, 1.54) is 19.2 Å². The molecule has 12 heteroatoms. The Hall–Kier alpha value is -5.85. The van der Waals surface area contributed by atoms with Gasteiger partial charge < -0.3 is 39.8 Å². The zero-order chi connectivity index (χ0) is 38.4. The molecule has 0 bridgehead atoms. The molecule has 282 valence electrons. The minimum Gasteiger partial charge on any atom is -0.506 e. The summed E-state index contributed by atoms with van der Waals surface area (Å²) < 4.78 is 12.4. The molecule has 6 rings (SSSR count). The van der Waals surface area contributed by atoms with Crippen LogP contribution < -0.4 is 26.2 Å². The number of nitrogens with zero attached hydrogens (tertiary/aromatic N) is 1. The van der Waals surface area contributed by atoms with Gasteiger partial charge in [0, 0.05) is 48.5 Å². The molecule has 4 aromatic carbocycles. The average molecular weight is 735 g/mol. The van der Waals surface area contributed by atoms with Crippen LogP contribution in [0.4, 0.5) is 21.9 Å². The van der Waals surface area contributed by atoms with Crippen molar-refractivity contribution in [3.63, 3.8) is 0 Å². The number of H-pyrrole nitrogens is 1. The Kier molecular flexibility index (Phi) is 11.5. The second-order valence-corrected chi connectivity index (χ2v) is 14.5. The Morgan fingerprint density at radius 1 is 0.944 bits per heavy atom. The van der Waals surface area contributed by atoms with E-state index in [0.717, 1.165) is 52.7 Å². The third kappa shape index (κ3) is 9.20. The molecule has 0 unspecified atom stereocenters. The Morgan fingerprint density at radius 2 is 1.70 bits per heavy atom. The van der Waals surface area contributed by atoms with Crippen LogP contribution in [-0.4, -0.2) is 78.6 Å². The summed E-state index contributed by atoms with van der Waals surface area (Å²) in [7, 11) is 5.91. The first-order chi connectivity index (χ1) is 25.9. The number of benzene rings is 4. The number of rotatable bonds is 12. The normalized spacial score (nSPS) is 14.6. The van der Waals surface area contributed by atoms with Crippen LogP contribution in [0.15, 0.2) is 89.7 Å². The van der Waals surface area contributed by atoms with E-state index in [9.17, 15) is 24.6 Å². The number of amides is 2. The largest absolute Gasteiger partial charge is 0.506 e. The average Bonchev–Trinajstić information content (AvgIpc) is 3.14. The quantitative estimate of drug-likeness (QED) is 0.0770. The molecular weight excluding hydrogens is 686 g/mol. The number of aryl methyl sites for hydroxylation is 2. The fourth-order valence-electron chi connectivity index (χ4n) is 6.96. The number of aromatic amines is 1. The number of pyridine rings is 1. The van der Waals surface area contributed by atoms with Gasteiger partial charge in [0.05, 0.1) is 57.3 Å². The highest BCUT2D eigenvalue weighted by atomic mass is 16.6. The van der Waals surface area contributed by atoms with E-state index in [-0.39, 0.29) is 41.8 Å². The number of aliphatic hydroxyl groups is 1. The standard InChI is InChI=1S/C42H47N5O7/c1-26-22-29(43-25-37(49)32-13-15-36(48)40-33(32)14-17-39(51)46-40)24-35(41(26)53-4)44-38(50)16-11-27-10-12-31(28-8-6-5-7-9-28)34(23-27)45-42(52)54-30-18-20-47(2,3)21-19-30/h5-10,12-15,17,22-24,30,37,43,49H,11,16,18-21,25H2,1-4H3,(H3-,44,45,46,48,50,51,52)/p+1/t37-/m0/s1. The number of methoxy groups -OCH3 is 1. The highest BCUT2D eigenvalue weighted by Gasteiger charge is 2.28. The van der Waals surface area contributed by atoms with Crippen LogP contribution in [0.1, 0.15) is 42.1 Å². The van der Waals surface area contributed by atoms with Gasteiger partial charge in [0.25, 0.3) is 0 Å². The highest BCUT2D eigenvalue weighted by molar-refractivity contribution is 5.94. The van der Waals surface area contributed by atoms with E-state index in [1.807, 2.05) is 61.5 Å². The SMILES string of the molecule is COc1c(C)cc(NC[C@H](O)c2ccc(O)c3[nH]c(=O)ccc23)cc1NC(=O)CCc1ccc(-c2ccccc2)c(NC(=O)OC2CC[N+](C)(C)CC2)c1. The van der Waals surface area contributed by atoms with Crippen molar-refractivity contribution in [1.82, 2.24) is 4.98 Å². The van der Waals surface area contributed by atoms with Crippen LogP contribution in [0.25, 0.3) is 22.0 Å². The smallest absolute Gasteiger partial charge is 0.411 e. The van der Waals surface area contributed by atoms with Gasteiger partial charge in [0.1, 0.15) is 17.6 Å². The number of carbonyl (C=O) groups excluding carboxylic acids is 2. The summed E-state index contributed by atoms with van der Waals surface area (Å²) in [5.74, 6) is 0.201. The third-order valence-corrected chi connectivity index (χ3v) is 9.95. The predicted molar refractivity (Wildman–Crippen MR) is 211 cm³/mol. The number of nitrogens with one attached hydrogen (secondary N) is 4. The van der Waals surface area contributed by atoms with Crippen molar-refractivity contribution in [2.45, 2.75) is 44.8 Å². The first kappa shape index (κ1) is 37.9. The lowest BCUT2D eigenvalue weighted by Gasteiger charge is -2.36. The molecular formula is C42H48N5O7+. The summed E-state index contributed by atoms with van der Waals surface area (Å²) in [6.07, 6.45) is 0.608. The minimum atomic E-state index is -0.979. The second-order valence-electron chi connectivity index (χ2n) is 14.5. The van der Waals surface area contributed by atoms with Crippen LogP contribution in [0.2, 0.25) is 0 Å². The predicted octanol–water partition coefficient (Wildman–Crippen LogP) is 6.72. The topological polar surface area (TPSA) is 162 Å². The Balaban J connectivity index is 1.12. The number of phenolic OH excluding ortho intramolecular Hbond substituents is 1. The van der Waals surface area contributed by atoms with E-state index in [4.69, 9.17) is 9.47 Å². The fraction of sp³-hybridized carbons (Fsp3) is 0.310. The van der Waals surface area contributed by atoms with Crippen molar-refractivity contribution < 1.29 is 33.8 Å². The number of ether oxygens (including phenoxy) is 2. The van der Waals surface area contributed by atoms with Crippen LogP contribution in [0.5, 0.6) is 11.5 Å². The zero-order valence-corrected chi connectivity index (χ0v) is 31.1. The van der Waals surface area contributed by atoms with Gasteiger partial charge in [0.2, 0.25) is 11.5 Å². The Bertz CT molecular complexity index is 2190. The summed E-state index contributed by atoms with van der Waals surface area (Å²) in [5, 5.41) is 31.0. The number of hydrogen-bond acceptors (Lipinski definition) is 8. The maximum atomic E-state index is 13.4. The summed E-state index contributed by atoms with van der Waals surface area (Å²) in [5.41, 5.74) is 5.61. The number of piperidine rings is 1. The number of anilines is 3. The van der Waals surface area contributed by atoms with Gasteiger partial charge in [-0.25, -0.2) is 4.79 Å². The molecule has 1 saturated heterocycles. The summed E-state index contributed by atoms with van der Waals surface area (Å²) in [4.78, 5) is 40.9. The summed E-state index contributed by atoms with van der Waals surface area (Å²) in [6.45, 7) is 3.87. The summed E-state index contributed by atoms with van der Waals surface area (Å²) in [6, 6.07) is 25.2. The van der Waals surface area contributed by atoms with Crippen molar-refractivity contribution in [3.8, 4) is 22.6 Å². The lowest BCUT2D eigenvalue weighted by Crippen LogP contribution is -2.48. The first-order valence-electron chi connectivity index (χ1n) is 18.1. The lowest BCUT2D eigenvalue weighted by molar-refractivity contribution is -0.896. The van der Waals surface area contributed by atoms with Gasteiger partial charge in [-0.3, -0.25) is 14.9 Å². The molecule has 1 aromatic heterocycles. The molecule has 5 aromatic rings. The van der Waals surface area contributed by atoms with Crippen molar-refractivity contribution in [2.75, 3.05) is 56.8 Å². The molecule has 1 aliphatic heterocycles. The molecule has 0 spiro atoms. The van der Waals surface area contributed by atoms with Gasteiger partial charge in [-0.05, 0) is 65.9 Å². The number of hydrogen-bond donors (Lipinski definition) is 6. The van der Waals surface area contributed by atoms with Crippen molar-refractivity contribution in [3.05, 3.63) is 112 Å². The van der Waals surface area contributed by atoms with Gasteiger partial charge in [-0.1, -0.05) is 48.5 Å². The van der Waals surface area contributed by atoms with Gasteiger partial charge in [-0.2, -0.15) is 0 Å². The van der Waals surface area contributed by atoms with E-state index < -0.39 is 12.2 Å². The van der Waals surface area contributed by atoms with E-state index in [1.54, 1.807) is 18.2 Å². The van der Waals surface area contributed by atoms with Crippen molar-refractivity contribution >= 4 is 40.0 Å². The Labute approximate surface area is 314 Å². The monoisotopic (exact) mass is 734 g/mol. The number of fused-ring (bicyclic) bond motifs is 1. The molecule has 54 heavy (non-hydrogen) atoms. The zero-order valence-electron chi connectivity index (χ0n) is 31.1. The van der Waals surface area contributed by atoms with Crippen molar-refractivity contribution in [2.24, 2.45) is 0 Å². The first-order valence-corrected chi connectivity index (χ1v) is 18.1. The molecule has 2 amide bonds. The highest BCUT2D eigenvalue weighted by Crippen LogP contribution is 2.34. The van der Waals surface area contributed by atoms with Crippen LogP contribution >= 0.6 is 0 Å². The number of aromatic hydroxyl groups is 1. The molecule has 6 N–H and O–H groups in total. The summed E-state index contributed by atoms with van der Waals surface area (Å²) >= 11 is 0. The lowest BCUT2D eigenvalue weighted by atomic mass is 9.99. The number of aromatic nitrogens is 1. The second kappa shape index (κ2) is 16.4. The van der Waals surface area contributed by atoms with E-state index in [2.05, 4.69) is 35.0 Å². The van der Waals surface area contributed by atoms with E-state index >= 15 is 0 Å². The van der Waals surface area contributed by atoms with E-state index in [0.29, 0.717) is 40.2 Å². The molecule has 12 nitrogen and oxygen atoms in total. The number of quaternary nitrogens is 1. The molecule has 0 radical (unpaired) electrons. The molecule has 2 heterocycles. The molecule has 0 saturated carbocycles. The van der Waals surface area contributed by atoms with Crippen molar-refractivity contribution in [1.29, 1.82) is 0 Å². The maximum Gasteiger partial charge on any atom is 0.411 e. The minimum absolute atomic E-state index is 0.0857. The van der Waals surface area contributed by atoms with Gasteiger partial charge in [0.15, 0.2) is 0 Å². The Morgan fingerprint density at radius 3 is 2.44 bits per heavy atom. The van der Waals surface area contributed by atoms with Gasteiger partial charge in [-0.15, -0.1) is 0 Å². The number of likely N-dealkylation sites (tertiary alicyclic amines) is 1. The van der Waals surface area contributed by atoms with Crippen LogP contribution in [0, 0.1) is 6.92 Å².